The molecule has 0 radical (unpaired) electrons. The molecule has 9 heteroatoms. The fraction of sp³-hybridized carbons (Fsp3) is 0.318. The normalized spacial score (nSPS) is 10.1. The van der Waals surface area contributed by atoms with E-state index in [-0.39, 0.29) is 6.42 Å². The standard InChI is InChI=1S/C22H26N2O6S/c1-3-28-18-11-10-16(14-19(18)29-4-2)23-22(27)24-20(25)15-30-21(26)12-13-31-17-8-6-5-7-9-17/h5-11,14H,3-4,12-13,15H2,1-2H3,(H2,23,24,25,27). The van der Waals surface area contributed by atoms with E-state index in [0.717, 1.165) is 4.90 Å². The number of thioether (sulfide) groups is 1. The molecule has 2 aromatic rings. The lowest BCUT2D eigenvalue weighted by Crippen LogP contribution is -2.37. The summed E-state index contributed by atoms with van der Waals surface area (Å²) in [6, 6.07) is 13.8. The molecule has 0 saturated carbocycles. The monoisotopic (exact) mass is 446 g/mol. The zero-order chi connectivity index (χ0) is 22.5. The summed E-state index contributed by atoms with van der Waals surface area (Å²) in [5.41, 5.74) is 0.423. The molecule has 0 aliphatic rings. The number of hydrogen-bond acceptors (Lipinski definition) is 7. The van der Waals surface area contributed by atoms with Crippen molar-refractivity contribution >= 4 is 35.4 Å². The number of anilines is 1. The molecule has 2 aromatic carbocycles. The van der Waals surface area contributed by atoms with Gasteiger partial charge >= 0.3 is 12.0 Å². The van der Waals surface area contributed by atoms with Gasteiger partial charge < -0.3 is 19.5 Å². The van der Waals surface area contributed by atoms with Crippen LogP contribution in [0.25, 0.3) is 0 Å². The third-order valence-corrected chi connectivity index (χ3v) is 4.75. The minimum atomic E-state index is -0.743. The third kappa shape index (κ3) is 9.00. The van der Waals surface area contributed by atoms with E-state index < -0.39 is 24.5 Å². The van der Waals surface area contributed by atoms with Crippen LogP contribution in [-0.4, -0.2) is 43.5 Å². The number of hydrogen-bond donors (Lipinski definition) is 2. The van der Waals surface area contributed by atoms with Crippen molar-refractivity contribution in [3.63, 3.8) is 0 Å². The molecule has 31 heavy (non-hydrogen) atoms. The minimum Gasteiger partial charge on any atom is -0.490 e. The summed E-state index contributed by atoms with van der Waals surface area (Å²) in [5, 5.41) is 4.64. The van der Waals surface area contributed by atoms with Crippen LogP contribution in [0, 0.1) is 0 Å². The van der Waals surface area contributed by atoms with Crippen molar-refractivity contribution in [2.24, 2.45) is 0 Å². The highest BCUT2D eigenvalue weighted by Crippen LogP contribution is 2.30. The highest BCUT2D eigenvalue weighted by atomic mass is 32.2. The van der Waals surface area contributed by atoms with E-state index in [2.05, 4.69) is 10.6 Å². The summed E-state index contributed by atoms with van der Waals surface area (Å²) in [5.74, 6) is 0.342. The van der Waals surface area contributed by atoms with Gasteiger partial charge in [-0.15, -0.1) is 11.8 Å². The van der Waals surface area contributed by atoms with Crippen molar-refractivity contribution in [2.45, 2.75) is 25.2 Å². The fourth-order valence-electron chi connectivity index (χ4n) is 2.44. The van der Waals surface area contributed by atoms with Gasteiger partial charge in [-0.05, 0) is 38.1 Å². The van der Waals surface area contributed by atoms with Crippen LogP contribution >= 0.6 is 11.8 Å². The molecule has 2 rings (SSSR count). The number of benzene rings is 2. The quantitative estimate of drug-likeness (QED) is 0.399. The molecule has 166 valence electrons. The molecule has 0 fully saturated rings. The molecule has 0 saturated heterocycles. The fourth-order valence-corrected chi connectivity index (χ4v) is 3.30. The van der Waals surface area contributed by atoms with Gasteiger partial charge in [-0.25, -0.2) is 4.79 Å². The SMILES string of the molecule is CCOc1ccc(NC(=O)NC(=O)COC(=O)CCSc2ccccc2)cc1OCC. The summed E-state index contributed by atoms with van der Waals surface area (Å²) in [6.45, 7) is 4.07. The van der Waals surface area contributed by atoms with E-state index in [4.69, 9.17) is 14.2 Å². The molecule has 0 aliphatic carbocycles. The Bertz CT molecular complexity index is 876. The maximum absolute atomic E-state index is 12.0. The summed E-state index contributed by atoms with van der Waals surface area (Å²) >= 11 is 1.52. The summed E-state index contributed by atoms with van der Waals surface area (Å²) < 4.78 is 15.9. The van der Waals surface area contributed by atoms with Crippen LogP contribution in [0.1, 0.15) is 20.3 Å². The average Bonchev–Trinajstić information content (AvgIpc) is 2.75. The number of imide groups is 1. The van der Waals surface area contributed by atoms with E-state index in [1.54, 1.807) is 18.2 Å². The molecule has 0 bridgehead atoms. The Labute approximate surface area is 185 Å². The largest absolute Gasteiger partial charge is 0.490 e. The number of amides is 3. The summed E-state index contributed by atoms with van der Waals surface area (Å²) in [6.07, 6.45) is 0.158. The number of nitrogens with one attached hydrogen (secondary N) is 2. The van der Waals surface area contributed by atoms with Gasteiger partial charge in [0.2, 0.25) is 0 Å². The lowest BCUT2D eigenvalue weighted by atomic mass is 10.2. The van der Waals surface area contributed by atoms with E-state index >= 15 is 0 Å². The van der Waals surface area contributed by atoms with Crippen LogP contribution in [0.5, 0.6) is 11.5 Å². The van der Waals surface area contributed by atoms with Crippen LogP contribution in [0.2, 0.25) is 0 Å². The summed E-state index contributed by atoms with van der Waals surface area (Å²) in [4.78, 5) is 36.7. The second-order valence-electron chi connectivity index (χ2n) is 6.10. The Morgan fingerprint density at radius 3 is 2.35 bits per heavy atom. The summed E-state index contributed by atoms with van der Waals surface area (Å²) in [7, 11) is 0. The Morgan fingerprint density at radius 1 is 0.935 bits per heavy atom. The van der Waals surface area contributed by atoms with Crippen LogP contribution in [0.3, 0.4) is 0 Å². The van der Waals surface area contributed by atoms with Crippen molar-refractivity contribution in [3.05, 3.63) is 48.5 Å². The second kappa shape index (κ2) is 13.2. The van der Waals surface area contributed by atoms with Crippen LogP contribution < -0.4 is 20.1 Å². The molecular weight excluding hydrogens is 420 g/mol. The van der Waals surface area contributed by atoms with Crippen molar-refractivity contribution < 1.29 is 28.6 Å². The van der Waals surface area contributed by atoms with Crippen molar-refractivity contribution in [1.82, 2.24) is 5.32 Å². The highest BCUT2D eigenvalue weighted by molar-refractivity contribution is 7.99. The van der Waals surface area contributed by atoms with E-state index in [0.29, 0.717) is 36.2 Å². The topological polar surface area (TPSA) is 103 Å². The first-order valence-corrected chi connectivity index (χ1v) is 10.8. The molecule has 0 unspecified atom stereocenters. The molecular formula is C22H26N2O6S. The van der Waals surface area contributed by atoms with Gasteiger partial charge in [-0.3, -0.25) is 14.9 Å². The van der Waals surface area contributed by atoms with Gasteiger partial charge in [0.15, 0.2) is 18.1 Å². The number of esters is 1. The van der Waals surface area contributed by atoms with Crippen LogP contribution in [0.4, 0.5) is 10.5 Å². The molecule has 0 aliphatic heterocycles. The third-order valence-electron chi connectivity index (χ3n) is 3.74. The molecule has 3 amide bonds. The van der Waals surface area contributed by atoms with Gasteiger partial charge in [0, 0.05) is 22.4 Å². The molecule has 2 N–H and O–H groups in total. The Morgan fingerprint density at radius 2 is 1.65 bits per heavy atom. The molecule has 0 aromatic heterocycles. The number of rotatable bonds is 11. The van der Waals surface area contributed by atoms with Gasteiger partial charge in [0.05, 0.1) is 19.6 Å². The van der Waals surface area contributed by atoms with E-state index in [1.807, 2.05) is 44.2 Å². The predicted octanol–water partition coefficient (Wildman–Crippen LogP) is 3.86. The number of carbonyl (C=O) groups excluding carboxylic acids is 3. The Kier molecular flexibility index (Phi) is 10.2. The maximum Gasteiger partial charge on any atom is 0.325 e. The zero-order valence-corrected chi connectivity index (χ0v) is 18.3. The van der Waals surface area contributed by atoms with Gasteiger partial charge in [0.25, 0.3) is 5.91 Å². The minimum absolute atomic E-state index is 0.158. The first kappa shape index (κ1) is 24.1. The highest BCUT2D eigenvalue weighted by Gasteiger charge is 2.13. The lowest BCUT2D eigenvalue weighted by molar-refractivity contribution is -0.147. The van der Waals surface area contributed by atoms with E-state index in [9.17, 15) is 14.4 Å². The maximum atomic E-state index is 12.0. The Hall–Kier alpha value is -3.20. The molecule has 0 atom stereocenters. The van der Waals surface area contributed by atoms with Crippen LogP contribution in [-0.2, 0) is 14.3 Å². The first-order chi connectivity index (χ1) is 15.0. The molecule has 0 heterocycles. The number of carbonyl (C=O) groups is 3. The second-order valence-corrected chi connectivity index (χ2v) is 7.27. The zero-order valence-electron chi connectivity index (χ0n) is 17.5. The van der Waals surface area contributed by atoms with Crippen molar-refractivity contribution in [1.29, 1.82) is 0 Å². The Balaban J connectivity index is 1.72. The molecule has 0 spiro atoms. The van der Waals surface area contributed by atoms with Gasteiger partial charge in [-0.1, -0.05) is 18.2 Å². The lowest BCUT2D eigenvalue weighted by Gasteiger charge is -2.13. The van der Waals surface area contributed by atoms with Crippen molar-refractivity contribution in [2.75, 3.05) is 30.9 Å². The van der Waals surface area contributed by atoms with Gasteiger partial charge in [-0.2, -0.15) is 0 Å². The van der Waals surface area contributed by atoms with E-state index in [1.165, 1.54) is 11.8 Å². The molecule has 8 nitrogen and oxygen atoms in total. The smallest absolute Gasteiger partial charge is 0.325 e. The van der Waals surface area contributed by atoms with Gasteiger partial charge in [0.1, 0.15) is 0 Å². The predicted molar refractivity (Wildman–Crippen MR) is 119 cm³/mol. The van der Waals surface area contributed by atoms with Crippen LogP contribution in [0.15, 0.2) is 53.4 Å². The first-order valence-electron chi connectivity index (χ1n) is 9.85. The van der Waals surface area contributed by atoms with Crippen molar-refractivity contribution in [3.8, 4) is 11.5 Å². The average molecular weight is 447 g/mol. The number of urea groups is 1. The number of ether oxygens (including phenoxy) is 3.